The maximum absolute atomic E-state index is 12.3. The van der Waals surface area contributed by atoms with Crippen molar-refractivity contribution in [3.8, 4) is 0 Å². The molecule has 28 heavy (non-hydrogen) atoms. The van der Waals surface area contributed by atoms with Crippen molar-refractivity contribution in [1.29, 1.82) is 0 Å². The lowest BCUT2D eigenvalue weighted by molar-refractivity contribution is -0.122. The van der Waals surface area contributed by atoms with Crippen LogP contribution in [0.5, 0.6) is 0 Å². The summed E-state index contributed by atoms with van der Waals surface area (Å²) in [6, 6.07) is 0. The highest BCUT2D eigenvalue weighted by atomic mass is 16.2. The highest BCUT2D eigenvalue weighted by Gasteiger charge is 2.45. The zero-order valence-electron chi connectivity index (χ0n) is 16.9. The zero-order chi connectivity index (χ0) is 19.8. The van der Waals surface area contributed by atoms with E-state index in [4.69, 9.17) is 4.99 Å². The summed E-state index contributed by atoms with van der Waals surface area (Å²) >= 11 is 0. The van der Waals surface area contributed by atoms with E-state index in [0.717, 1.165) is 23.4 Å². The molecule has 0 bridgehead atoms. The Balaban J connectivity index is 1.55. The Morgan fingerprint density at radius 3 is 2.82 bits per heavy atom. The molecule has 6 nitrogen and oxygen atoms in total. The molecule has 1 aromatic heterocycles. The standard InChI is InChI=1S/C22H27N5O/c1-5-27-21(28)9-6-16(14(2)3)22(27)25-15(4)24-19-7-8-20(18-12-17(18)19)26-11-10-23-13-26/h6-11,13,15,17-18,24H,5,12H2,1-4H3/b25-22+. The number of fused-ring (bicyclic) bond motifs is 1. The van der Waals surface area contributed by atoms with Gasteiger partial charge in [0.1, 0.15) is 12.0 Å². The van der Waals surface area contributed by atoms with E-state index in [9.17, 15) is 4.79 Å². The minimum absolute atomic E-state index is 0.00880. The van der Waals surface area contributed by atoms with Gasteiger partial charge in [-0.2, -0.15) is 0 Å². The van der Waals surface area contributed by atoms with Crippen LogP contribution < -0.4 is 5.32 Å². The minimum Gasteiger partial charge on any atom is -0.367 e. The Labute approximate surface area is 166 Å². The number of carbonyl (C=O) groups is 1. The normalized spacial score (nSPS) is 26.0. The van der Waals surface area contributed by atoms with Gasteiger partial charge in [0.2, 0.25) is 0 Å². The number of allylic oxidation sites excluding steroid dienone is 5. The molecule has 1 N–H and O–H groups in total. The summed E-state index contributed by atoms with van der Waals surface area (Å²) in [6.07, 6.45) is 14.5. The third kappa shape index (κ3) is 3.35. The van der Waals surface area contributed by atoms with Crippen molar-refractivity contribution in [1.82, 2.24) is 19.8 Å². The quantitative estimate of drug-likeness (QED) is 0.856. The second kappa shape index (κ2) is 7.26. The number of likely N-dealkylation sites (N-methyl/N-ethyl adjacent to an activating group) is 1. The number of aromatic nitrogens is 2. The van der Waals surface area contributed by atoms with Gasteiger partial charge in [0, 0.05) is 53.8 Å². The Morgan fingerprint density at radius 2 is 2.14 bits per heavy atom. The molecular weight excluding hydrogens is 350 g/mol. The van der Waals surface area contributed by atoms with E-state index in [1.807, 2.05) is 38.6 Å². The van der Waals surface area contributed by atoms with E-state index >= 15 is 0 Å². The van der Waals surface area contributed by atoms with Gasteiger partial charge in [-0.05, 0) is 52.3 Å². The summed E-state index contributed by atoms with van der Waals surface area (Å²) < 4.78 is 2.10. The van der Waals surface area contributed by atoms with Crippen LogP contribution in [0.15, 0.2) is 64.9 Å². The number of amidine groups is 1. The van der Waals surface area contributed by atoms with Gasteiger partial charge in [-0.25, -0.2) is 9.98 Å². The van der Waals surface area contributed by atoms with Crippen molar-refractivity contribution in [2.45, 2.75) is 40.3 Å². The number of rotatable bonds is 5. The summed E-state index contributed by atoms with van der Waals surface area (Å²) in [5.41, 5.74) is 4.71. The fourth-order valence-corrected chi connectivity index (χ4v) is 3.99. The second-order valence-corrected chi connectivity index (χ2v) is 7.73. The average Bonchev–Trinajstić information content (AvgIpc) is 3.28. The van der Waals surface area contributed by atoms with Gasteiger partial charge in [0.25, 0.3) is 5.91 Å². The topological polar surface area (TPSA) is 62.5 Å². The van der Waals surface area contributed by atoms with Crippen LogP contribution in [0.2, 0.25) is 0 Å². The molecule has 1 saturated carbocycles. The highest BCUT2D eigenvalue weighted by molar-refractivity contribution is 6.15. The first-order valence-corrected chi connectivity index (χ1v) is 9.91. The van der Waals surface area contributed by atoms with E-state index < -0.39 is 0 Å². The summed E-state index contributed by atoms with van der Waals surface area (Å²) in [6.45, 7) is 8.74. The molecule has 0 spiro atoms. The number of imidazole rings is 1. The Morgan fingerprint density at radius 1 is 1.32 bits per heavy atom. The molecule has 0 radical (unpaired) electrons. The number of aliphatic imine (C=N–C) groups is 1. The summed E-state index contributed by atoms with van der Waals surface area (Å²) in [5, 5.41) is 3.56. The number of hydrogen-bond acceptors (Lipinski definition) is 4. The Bertz CT molecular complexity index is 928. The summed E-state index contributed by atoms with van der Waals surface area (Å²) in [4.78, 5) is 23.0. The lowest BCUT2D eigenvalue weighted by atomic mass is 10.0. The monoisotopic (exact) mass is 377 g/mol. The van der Waals surface area contributed by atoms with Crippen LogP contribution in [0.3, 0.4) is 0 Å². The molecule has 1 aromatic rings. The molecule has 1 fully saturated rings. The van der Waals surface area contributed by atoms with Gasteiger partial charge < -0.3 is 9.88 Å². The summed E-state index contributed by atoms with van der Waals surface area (Å²) in [7, 11) is 0. The van der Waals surface area contributed by atoms with E-state index in [1.165, 1.54) is 11.4 Å². The van der Waals surface area contributed by atoms with Crippen LogP contribution in [-0.2, 0) is 4.79 Å². The fourth-order valence-electron chi connectivity index (χ4n) is 3.99. The van der Waals surface area contributed by atoms with Crippen molar-refractivity contribution in [2.75, 3.05) is 6.54 Å². The van der Waals surface area contributed by atoms with Gasteiger partial charge in [0.05, 0.1) is 6.33 Å². The first-order chi connectivity index (χ1) is 13.5. The third-order valence-electron chi connectivity index (χ3n) is 5.51. The molecule has 4 rings (SSSR count). The maximum atomic E-state index is 12.3. The number of hydrogen-bond donors (Lipinski definition) is 1. The van der Waals surface area contributed by atoms with Crippen molar-refractivity contribution in [3.63, 3.8) is 0 Å². The molecule has 0 saturated heterocycles. The molecule has 2 aliphatic carbocycles. The SMILES string of the molecule is CCN1C(=O)C=CC(=C(C)C)/C1=N\C(C)NC1=CC=C(n2ccnc2)C2CC12. The molecule has 1 aliphatic heterocycles. The van der Waals surface area contributed by atoms with Crippen molar-refractivity contribution in [2.24, 2.45) is 16.8 Å². The van der Waals surface area contributed by atoms with Gasteiger partial charge in [-0.15, -0.1) is 0 Å². The van der Waals surface area contributed by atoms with Crippen molar-refractivity contribution >= 4 is 17.4 Å². The number of carbonyl (C=O) groups excluding carboxylic acids is 1. The third-order valence-corrected chi connectivity index (χ3v) is 5.51. The molecular formula is C22H27N5O. The van der Waals surface area contributed by atoms with Gasteiger partial charge in [0.15, 0.2) is 0 Å². The molecule has 3 unspecified atom stereocenters. The van der Waals surface area contributed by atoms with Gasteiger partial charge in [-0.3, -0.25) is 9.69 Å². The smallest absolute Gasteiger partial charge is 0.252 e. The van der Waals surface area contributed by atoms with E-state index in [2.05, 4.69) is 40.9 Å². The predicted molar refractivity (Wildman–Crippen MR) is 111 cm³/mol. The molecule has 0 aromatic carbocycles. The highest BCUT2D eigenvalue weighted by Crippen LogP contribution is 2.52. The Hall–Kier alpha value is -2.89. The molecule has 3 aliphatic rings. The van der Waals surface area contributed by atoms with Crippen LogP contribution in [0.1, 0.15) is 34.1 Å². The van der Waals surface area contributed by atoms with Crippen LogP contribution >= 0.6 is 0 Å². The first-order valence-electron chi connectivity index (χ1n) is 9.91. The van der Waals surface area contributed by atoms with Crippen LogP contribution in [0.25, 0.3) is 5.70 Å². The average molecular weight is 377 g/mol. The van der Waals surface area contributed by atoms with Crippen molar-refractivity contribution < 1.29 is 4.79 Å². The van der Waals surface area contributed by atoms with E-state index in [0.29, 0.717) is 18.4 Å². The molecule has 1 amide bonds. The molecule has 3 atom stereocenters. The van der Waals surface area contributed by atoms with E-state index in [1.54, 1.807) is 11.0 Å². The second-order valence-electron chi connectivity index (χ2n) is 7.73. The summed E-state index contributed by atoms with van der Waals surface area (Å²) in [5.74, 6) is 1.81. The van der Waals surface area contributed by atoms with Crippen molar-refractivity contribution in [3.05, 3.63) is 59.9 Å². The lowest BCUT2D eigenvalue weighted by Crippen LogP contribution is -2.41. The number of nitrogens with zero attached hydrogens (tertiary/aromatic N) is 4. The lowest BCUT2D eigenvalue weighted by Gasteiger charge is -2.28. The predicted octanol–water partition coefficient (Wildman–Crippen LogP) is 3.35. The van der Waals surface area contributed by atoms with Crippen LogP contribution in [0, 0.1) is 11.8 Å². The minimum atomic E-state index is -0.117. The number of nitrogens with one attached hydrogen (secondary N) is 1. The van der Waals surface area contributed by atoms with Crippen LogP contribution in [0.4, 0.5) is 0 Å². The fraction of sp³-hybridized carbons (Fsp3) is 0.409. The van der Waals surface area contributed by atoms with Gasteiger partial charge in [-0.1, -0.05) is 5.57 Å². The molecule has 6 heteroatoms. The van der Waals surface area contributed by atoms with Crippen LogP contribution in [-0.4, -0.2) is 38.9 Å². The molecule has 2 heterocycles. The molecule has 146 valence electrons. The zero-order valence-corrected chi connectivity index (χ0v) is 16.9. The first kappa shape index (κ1) is 18.5. The van der Waals surface area contributed by atoms with Gasteiger partial charge >= 0.3 is 0 Å². The largest absolute Gasteiger partial charge is 0.367 e. The van der Waals surface area contributed by atoms with E-state index in [-0.39, 0.29) is 12.1 Å². The number of amides is 1. The maximum Gasteiger partial charge on any atom is 0.252 e. The Kier molecular flexibility index (Phi) is 4.79.